The van der Waals surface area contributed by atoms with Gasteiger partial charge in [-0.3, -0.25) is 19.3 Å². The van der Waals surface area contributed by atoms with Gasteiger partial charge >= 0.3 is 17.8 Å². The van der Waals surface area contributed by atoms with Crippen molar-refractivity contribution in [2.24, 2.45) is 0 Å². The molecule has 1 N–H and O–H groups in total. The Morgan fingerprint density at radius 1 is 0.889 bits per heavy atom. The Hall–Kier alpha value is -2.90. The number of anilines is 1. The van der Waals surface area contributed by atoms with Gasteiger partial charge in [-0.05, 0) is 23.8 Å². The Balaban J connectivity index is 1.68. The summed E-state index contributed by atoms with van der Waals surface area (Å²) >= 11 is 11.7. The van der Waals surface area contributed by atoms with E-state index in [1.54, 1.807) is 30.3 Å². The number of carbonyl (C=O) groups is 4. The number of urea groups is 1. The summed E-state index contributed by atoms with van der Waals surface area (Å²) in [4.78, 5) is 50.2. The van der Waals surface area contributed by atoms with E-state index in [9.17, 15) is 19.2 Å². The molecule has 1 fully saturated rings. The molecule has 2 aromatic rings. The second kappa shape index (κ2) is 7.77. The average Bonchev–Trinajstić information content (AvgIpc) is 2.84. The quantitative estimate of drug-likeness (QED) is 0.611. The number of halogens is 2. The van der Waals surface area contributed by atoms with Gasteiger partial charge < -0.3 is 5.32 Å². The zero-order valence-corrected chi connectivity index (χ0v) is 15.3. The Morgan fingerprint density at radius 3 is 2.22 bits per heavy atom. The molecular weight excluding hydrogens is 393 g/mol. The number of nitrogens with zero attached hydrogens (tertiary/aromatic N) is 2. The molecule has 0 saturated carbocycles. The van der Waals surface area contributed by atoms with Crippen molar-refractivity contribution < 1.29 is 19.2 Å². The zero-order chi connectivity index (χ0) is 19.6. The van der Waals surface area contributed by atoms with Crippen LogP contribution in [0.2, 0.25) is 10.0 Å². The maximum Gasteiger partial charge on any atom is 0.335 e. The first-order valence-corrected chi connectivity index (χ1v) is 8.58. The molecular formula is C18H13Cl2N3O4. The van der Waals surface area contributed by atoms with Gasteiger partial charge in [0.15, 0.2) is 0 Å². The third-order valence-corrected chi connectivity index (χ3v) is 4.56. The van der Waals surface area contributed by atoms with Crippen LogP contribution in [0, 0.1) is 0 Å². The van der Waals surface area contributed by atoms with Crippen LogP contribution in [0.4, 0.5) is 10.5 Å². The fourth-order valence-corrected chi connectivity index (χ4v) is 2.81. The predicted octanol–water partition coefficient (Wildman–Crippen LogP) is 2.92. The van der Waals surface area contributed by atoms with Crippen LogP contribution >= 0.6 is 23.2 Å². The van der Waals surface area contributed by atoms with Gasteiger partial charge in [0.1, 0.15) is 6.54 Å². The van der Waals surface area contributed by atoms with Crippen molar-refractivity contribution in [3.05, 3.63) is 64.1 Å². The number of rotatable bonds is 5. The number of nitrogens with one attached hydrogen (secondary N) is 1. The molecule has 0 bridgehead atoms. The van der Waals surface area contributed by atoms with Crippen LogP contribution in [-0.2, 0) is 20.9 Å². The van der Waals surface area contributed by atoms with Gasteiger partial charge in [0.2, 0.25) is 5.91 Å². The van der Waals surface area contributed by atoms with E-state index >= 15 is 0 Å². The Labute approximate surface area is 164 Å². The van der Waals surface area contributed by atoms with Crippen LogP contribution in [0.1, 0.15) is 5.56 Å². The minimum absolute atomic E-state index is 0.0465. The van der Waals surface area contributed by atoms with E-state index < -0.39 is 30.3 Å². The maximum atomic E-state index is 12.4. The van der Waals surface area contributed by atoms with Crippen molar-refractivity contribution >= 4 is 52.6 Å². The lowest BCUT2D eigenvalue weighted by molar-refractivity contribution is -0.143. The highest BCUT2D eigenvalue weighted by molar-refractivity contribution is 6.45. The Kier molecular flexibility index (Phi) is 5.43. The molecule has 0 unspecified atom stereocenters. The highest BCUT2D eigenvalue weighted by Gasteiger charge is 2.45. The molecule has 5 amide bonds. The van der Waals surface area contributed by atoms with Crippen LogP contribution in [0.15, 0.2) is 48.5 Å². The van der Waals surface area contributed by atoms with E-state index in [0.717, 1.165) is 4.90 Å². The van der Waals surface area contributed by atoms with Crippen molar-refractivity contribution in [1.82, 2.24) is 9.80 Å². The number of imide groups is 2. The minimum Gasteiger partial charge on any atom is -0.324 e. The Bertz CT molecular complexity index is 933. The van der Waals surface area contributed by atoms with Crippen molar-refractivity contribution in [2.45, 2.75) is 6.54 Å². The lowest BCUT2D eigenvalue weighted by Gasteiger charge is -2.15. The van der Waals surface area contributed by atoms with Gasteiger partial charge in [-0.2, -0.15) is 0 Å². The van der Waals surface area contributed by atoms with E-state index in [1.807, 2.05) is 0 Å². The minimum atomic E-state index is -1.04. The molecule has 0 radical (unpaired) electrons. The molecule has 2 aromatic carbocycles. The summed E-state index contributed by atoms with van der Waals surface area (Å²) in [6.07, 6.45) is 0. The van der Waals surface area contributed by atoms with Crippen LogP contribution in [0.3, 0.4) is 0 Å². The molecule has 1 saturated heterocycles. The maximum absolute atomic E-state index is 12.4. The molecule has 1 heterocycles. The van der Waals surface area contributed by atoms with Crippen molar-refractivity contribution in [2.75, 3.05) is 11.9 Å². The van der Waals surface area contributed by atoms with E-state index in [4.69, 9.17) is 23.2 Å². The fourth-order valence-electron chi connectivity index (χ4n) is 2.51. The second-order valence-electron chi connectivity index (χ2n) is 5.73. The number of benzene rings is 2. The van der Waals surface area contributed by atoms with Crippen molar-refractivity contribution in [1.29, 1.82) is 0 Å². The molecule has 0 atom stereocenters. The molecule has 1 aliphatic heterocycles. The first-order valence-electron chi connectivity index (χ1n) is 7.83. The molecule has 9 heteroatoms. The van der Waals surface area contributed by atoms with Gasteiger partial charge in [-0.25, -0.2) is 9.69 Å². The average molecular weight is 406 g/mol. The largest absolute Gasteiger partial charge is 0.335 e. The first kappa shape index (κ1) is 18.9. The second-order valence-corrected chi connectivity index (χ2v) is 6.54. The Morgan fingerprint density at radius 2 is 1.56 bits per heavy atom. The number of carbonyl (C=O) groups excluding carboxylic acids is 4. The number of hydrogen-bond acceptors (Lipinski definition) is 4. The third-order valence-electron chi connectivity index (χ3n) is 3.82. The number of amides is 5. The van der Waals surface area contributed by atoms with Crippen molar-refractivity contribution in [3.8, 4) is 0 Å². The summed E-state index contributed by atoms with van der Waals surface area (Å²) in [6.45, 7) is -0.635. The van der Waals surface area contributed by atoms with Gasteiger partial charge in [0.05, 0.1) is 16.6 Å². The zero-order valence-electron chi connectivity index (χ0n) is 13.8. The normalized spacial score (nSPS) is 14.1. The molecule has 1 aliphatic rings. The standard InChI is InChI=1S/C18H13Cl2N3O4/c19-13-7-6-12(8-14(13)20)21-15(24)10-23-17(26)16(25)22(18(23)27)9-11-4-2-1-3-5-11/h1-8H,9-10H2,(H,21,24). The van der Waals surface area contributed by atoms with Crippen LogP contribution in [0.5, 0.6) is 0 Å². The number of hydrogen-bond donors (Lipinski definition) is 1. The van der Waals surface area contributed by atoms with Crippen LogP contribution in [-0.4, -0.2) is 40.1 Å². The van der Waals surface area contributed by atoms with Gasteiger partial charge in [0, 0.05) is 5.69 Å². The van der Waals surface area contributed by atoms with E-state index in [0.29, 0.717) is 21.2 Å². The van der Waals surface area contributed by atoms with Crippen LogP contribution < -0.4 is 5.32 Å². The third kappa shape index (κ3) is 4.10. The summed E-state index contributed by atoms with van der Waals surface area (Å²) in [7, 11) is 0. The van der Waals surface area contributed by atoms with Crippen LogP contribution in [0.25, 0.3) is 0 Å². The van der Waals surface area contributed by atoms with E-state index in [1.165, 1.54) is 18.2 Å². The molecule has 7 nitrogen and oxygen atoms in total. The highest BCUT2D eigenvalue weighted by atomic mass is 35.5. The SMILES string of the molecule is O=C(CN1C(=O)C(=O)N(Cc2ccccc2)C1=O)Nc1ccc(Cl)c(Cl)c1. The molecule has 0 aliphatic carbocycles. The predicted molar refractivity (Wildman–Crippen MR) is 99.2 cm³/mol. The monoisotopic (exact) mass is 405 g/mol. The lowest BCUT2D eigenvalue weighted by Crippen LogP contribution is -2.38. The molecule has 3 rings (SSSR count). The highest BCUT2D eigenvalue weighted by Crippen LogP contribution is 2.25. The summed E-state index contributed by atoms with van der Waals surface area (Å²) in [5, 5.41) is 3.06. The molecule has 138 valence electrons. The summed E-state index contributed by atoms with van der Waals surface area (Å²) in [5.41, 5.74) is 1.04. The summed E-state index contributed by atoms with van der Waals surface area (Å²) < 4.78 is 0. The van der Waals surface area contributed by atoms with E-state index in [2.05, 4.69) is 5.32 Å². The fraction of sp³-hybridized carbons (Fsp3) is 0.111. The van der Waals surface area contributed by atoms with Gasteiger partial charge in [-0.15, -0.1) is 0 Å². The summed E-state index contributed by atoms with van der Waals surface area (Å²) in [6, 6.07) is 12.4. The summed E-state index contributed by atoms with van der Waals surface area (Å²) in [5.74, 6) is -2.66. The topological polar surface area (TPSA) is 86.8 Å². The van der Waals surface area contributed by atoms with Crippen molar-refractivity contribution in [3.63, 3.8) is 0 Å². The molecule has 27 heavy (non-hydrogen) atoms. The van der Waals surface area contributed by atoms with E-state index in [-0.39, 0.29) is 11.6 Å². The molecule has 0 aromatic heterocycles. The smallest absolute Gasteiger partial charge is 0.324 e. The lowest BCUT2D eigenvalue weighted by atomic mass is 10.2. The van der Waals surface area contributed by atoms with Gasteiger partial charge in [0.25, 0.3) is 0 Å². The molecule has 0 spiro atoms. The first-order chi connectivity index (χ1) is 12.9. The van der Waals surface area contributed by atoms with Gasteiger partial charge in [-0.1, -0.05) is 53.5 Å².